The number of carbonyl (C=O) groups excluding carboxylic acids is 1. The molecular formula is C27H47ClN8O2. The molecule has 5 N–H and O–H groups in total. The predicted molar refractivity (Wildman–Crippen MR) is 149 cm³/mol. The molecule has 4 fully saturated rings. The molecule has 0 bridgehead atoms. The fourth-order valence-electron chi connectivity index (χ4n) is 6.76. The van der Waals surface area contributed by atoms with Gasteiger partial charge >= 0.3 is 0 Å². The summed E-state index contributed by atoms with van der Waals surface area (Å²) < 4.78 is 6.02. The number of rotatable bonds is 9. The van der Waals surface area contributed by atoms with Crippen molar-refractivity contribution in [1.82, 2.24) is 36.4 Å². The van der Waals surface area contributed by atoms with Crippen molar-refractivity contribution in [3.63, 3.8) is 0 Å². The number of likely N-dealkylation sites (N-methyl/N-ethyl adjacent to an activating group) is 1. The monoisotopic (exact) mass is 550 g/mol. The predicted octanol–water partition coefficient (Wildman–Crippen LogP) is 0.511. The summed E-state index contributed by atoms with van der Waals surface area (Å²) in [6, 6.07) is 3.37. The summed E-state index contributed by atoms with van der Waals surface area (Å²) in [7, 11) is 6.05. The van der Waals surface area contributed by atoms with Gasteiger partial charge in [-0.15, -0.1) is 11.6 Å². The minimum Gasteiger partial charge on any atom is -0.380 e. The standard InChI is InChI=1S/C27H47ClN8O2/c1-5-25(37)31-21-12-22(24(38-4)13-23(21)36-11-10-18(16-36)35(2)3)33-27-30-15-19(28)26(34-27)32-20-9-7-6-8-17(20)14-29/h5,17-24,26-27,30,32-34H,1,6-13,15-16H2,2-4H3,(H,31,37). The first-order chi connectivity index (χ1) is 18.3. The number of carbonyl (C=O) groups is 1. The summed E-state index contributed by atoms with van der Waals surface area (Å²) in [5.41, 5.74) is 0. The average Bonchev–Trinajstić information content (AvgIpc) is 3.41. The summed E-state index contributed by atoms with van der Waals surface area (Å²) in [6.45, 7) is 6.32. The van der Waals surface area contributed by atoms with Gasteiger partial charge in [0.15, 0.2) is 0 Å². The lowest BCUT2D eigenvalue weighted by Gasteiger charge is -2.47. The minimum absolute atomic E-state index is 0.000312. The van der Waals surface area contributed by atoms with E-state index in [1.807, 2.05) is 0 Å². The second-order valence-corrected chi connectivity index (χ2v) is 12.2. The highest BCUT2D eigenvalue weighted by Gasteiger charge is 2.44. The number of nitriles is 1. The van der Waals surface area contributed by atoms with Gasteiger partial charge in [0.1, 0.15) is 6.29 Å². The summed E-state index contributed by atoms with van der Waals surface area (Å²) in [5, 5.41) is 27.1. The van der Waals surface area contributed by atoms with Gasteiger partial charge in [0.2, 0.25) is 5.91 Å². The molecule has 0 aromatic carbocycles. The maximum absolute atomic E-state index is 12.4. The van der Waals surface area contributed by atoms with Crippen LogP contribution in [0.15, 0.2) is 12.7 Å². The van der Waals surface area contributed by atoms with Gasteiger partial charge in [-0.05, 0) is 52.3 Å². The van der Waals surface area contributed by atoms with E-state index >= 15 is 0 Å². The van der Waals surface area contributed by atoms with Crippen molar-refractivity contribution in [2.75, 3.05) is 40.8 Å². The van der Waals surface area contributed by atoms with E-state index in [2.05, 4.69) is 63.1 Å². The molecule has 2 heterocycles. The lowest BCUT2D eigenvalue weighted by Crippen LogP contribution is -2.72. The van der Waals surface area contributed by atoms with Gasteiger partial charge in [-0.2, -0.15) is 5.26 Å². The third-order valence-electron chi connectivity index (χ3n) is 9.04. The second kappa shape index (κ2) is 13.9. The van der Waals surface area contributed by atoms with Crippen LogP contribution in [0.5, 0.6) is 0 Å². The average molecular weight is 551 g/mol. The molecule has 0 radical (unpaired) electrons. The molecule has 11 heteroatoms. The van der Waals surface area contributed by atoms with Crippen LogP contribution in [0.3, 0.4) is 0 Å². The summed E-state index contributed by atoms with van der Waals surface area (Å²) in [6.07, 6.45) is 7.96. The van der Waals surface area contributed by atoms with Crippen molar-refractivity contribution in [3.05, 3.63) is 12.7 Å². The number of amides is 1. The van der Waals surface area contributed by atoms with Crippen molar-refractivity contribution in [3.8, 4) is 6.07 Å². The Morgan fingerprint density at radius 3 is 2.66 bits per heavy atom. The molecule has 4 aliphatic rings. The second-order valence-electron chi connectivity index (χ2n) is 11.6. The molecule has 214 valence electrons. The fourth-order valence-corrected chi connectivity index (χ4v) is 6.99. The van der Waals surface area contributed by atoms with Gasteiger partial charge in [0, 0.05) is 57.0 Å². The normalized spacial score (nSPS) is 40.5. The van der Waals surface area contributed by atoms with E-state index in [1.54, 1.807) is 7.11 Å². The quantitative estimate of drug-likeness (QED) is 0.207. The Hall–Kier alpha value is -1.29. The van der Waals surface area contributed by atoms with Crippen LogP contribution in [-0.4, -0.2) is 111 Å². The number of halogens is 1. The first-order valence-electron chi connectivity index (χ1n) is 14.2. The lowest BCUT2D eigenvalue weighted by molar-refractivity contribution is -0.118. The van der Waals surface area contributed by atoms with Gasteiger partial charge in [-0.1, -0.05) is 19.4 Å². The van der Waals surface area contributed by atoms with Crippen LogP contribution in [-0.2, 0) is 9.53 Å². The van der Waals surface area contributed by atoms with Gasteiger partial charge in [0.05, 0.1) is 29.6 Å². The highest BCUT2D eigenvalue weighted by Crippen LogP contribution is 2.30. The van der Waals surface area contributed by atoms with Gasteiger partial charge in [0.25, 0.3) is 0 Å². The zero-order valence-electron chi connectivity index (χ0n) is 23.2. The maximum atomic E-state index is 12.4. The van der Waals surface area contributed by atoms with Crippen LogP contribution in [0.25, 0.3) is 0 Å². The van der Waals surface area contributed by atoms with Gasteiger partial charge in [-0.25, -0.2) is 0 Å². The summed E-state index contributed by atoms with van der Waals surface area (Å²) >= 11 is 6.69. The number of likely N-dealkylation sites (tertiary alicyclic amines) is 1. The van der Waals surface area contributed by atoms with Gasteiger partial charge in [-0.3, -0.25) is 31.0 Å². The Morgan fingerprint density at radius 2 is 1.97 bits per heavy atom. The topological polar surface area (TPSA) is 117 Å². The molecule has 10 unspecified atom stereocenters. The smallest absolute Gasteiger partial charge is 0.243 e. The number of ether oxygens (including phenoxy) is 1. The molecule has 2 saturated carbocycles. The van der Waals surface area contributed by atoms with E-state index in [9.17, 15) is 10.1 Å². The molecule has 0 aromatic rings. The lowest BCUT2D eigenvalue weighted by atomic mass is 9.83. The van der Waals surface area contributed by atoms with Crippen LogP contribution >= 0.6 is 11.6 Å². The molecule has 1 amide bonds. The molecule has 4 rings (SSSR count). The summed E-state index contributed by atoms with van der Waals surface area (Å²) in [4.78, 5) is 17.2. The van der Waals surface area contributed by atoms with Crippen LogP contribution < -0.4 is 26.6 Å². The number of methoxy groups -OCH3 is 1. The van der Waals surface area contributed by atoms with E-state index in [-0.39, 0.29) is 59.9 Å². The highest BCUT2D eigenvalue weighted by atomic mass is 35.5. The van der Waals surface area contributed by atoms with E-state index < -0.39 is 0 Å². The zero-order valence-corrected chi connectivity index (χ0v) is 23.9. The first-order valence-corrected chi connectivity index (χ1v) is 14.7. The third-order valence-corrected chi connectivity index (χ3v) is 9.44. The Bertz CT molecular complexity index is 840. The van der Waals surface area contributed by atoms with Crippen LogP contribution in [0.4, 0.5) is 0 Å². The molecule has 10 nitrogen and oxygen atoms in total. The largest absolute Gasteiger partial charge is 0.380 e. The Kier molecular flexibility index (Phi) is 10.8. The zero-order chi connectivity index (χ0) is 27.2. The number of alkyl halides is 1. The molecule has 2 aliphatic heterocycles. The van der Waals surface area contributed by atoms with E-state index in [0.717, 1.165) is 58.0 Å². The molecule has 2 saturated heterocycles. The van der Waals surface area contributed by atoms with Crippen LogP contribution in [0.1, 0.15) is 44.9 Å². The maximum Gasteiger partial charge on any atom is 0.243 e. The first kappa shape index (κ1) is 29.7. The molecule has 38 heavy (non-hydrogen) atoms. The van der Waals surface area contributed by atoms with Crippen LogP contribution in [0, 0.1) is 17.2 Å². The number of nitrogens with one attached hydrogen (secondary N) is 5. The van der Waals surface area contributed by atoms with Gasteiger partial charge < -0.3 is 15.0 Å². The number of hydrogen-bond acceptors (Lipinski definition) is 9. The van der Waals surface area contributed by atoms with Crippen LogP contribution in [0.2, 0.25) is 0 Å². The molecule has 10 atom stereocenters. The van der Waals surface area contributed by atoms with Crippen molar-refractivity contribution in [2.45, 2.75) is 99.1 Å². The third kappa shape index (κ3) is 7.26. The molecule has 0 spiro atoms. The minimum atomic E-state index is -0.175. The fraction of sp³-hybridized carbons (Fsp3) is 0.852. The van der Waals surface area contributed by atoms with E-state index in [0.29, 0.717) is 12.6 Å². The molecule has 2 aliphatic carbocycles. The SMILES string of the molecule is C=CC(=O)NC1CC(NC2NCC(Cl)C(NC3CCCCC3C#N)N2)C(OC)CC1N1CCC(N(C)C)C1. The van der Waals surface area contributed by atoms with E-state index in [4.69, 9.17) is 16.3 Å². The Morgan fingerprint density at radius 1 is 1.18 bits per heavy atom. The van der Waals surface area contributed by atoms with Crippen molar-refractivity contribution in [1.29, 1.82) is 5.26 Å². The van der Waals surface area contributed by atoms with E-state index in [1.165, 1.54) is 6.08 Å². The number of nitrogens with zero attached hydrogens (tertiary/aromatic N) is 3. The van der Waals surface area contributed by atoms with Crippen molar-refractivity contribution < 1.29 is 9.53 Å². The molecular weight excluding hydrogens is 504 g/mol. The Labute approximate surface area is 233 Å². The highest BCUT2D eigenvalue weighted by molar-refractivity contribution is 6.21. The van der Waals surface area contributed by atoms with Crippen molar-refractivity contribution in [2.24, 2.45) is 5.92 Å². The molecule has 0 aromatic heterocycles. The van der Waals surface area contributed by atoms with Crippen molar-refractivity contribution >= 4 is 17.5 Å². The Balaban J connectivity index is 1.41. The summed E-state index contributed by atoms with van der Waals surface area (Å²) in [5.74, 6) is -0.114. The number of hydrogen-bond donors (Lipinski definition) is 5.